The molecule has 0 saturated heterocycles. The fourth-order valence-electron chi connectivity index (χ4n) is 5.52. The summed E-state index contributed by atoms with van der Waals surface area (Å²) in [5.74, 6) is -0.826. The Hall–Kier alpha value is -0.450. The van der Waals surface area contributed by atoms with Gasteiger partial charge in [0, 0.05) is 12.8 Å². The zero-order valence-electron chi connectivity index (χ0n) is 31.9. The molecular formula is C40H83IO7. The summed E-state index contributed by atoms with van der Waals surface area (Å²) >= 11 is 0. The van der Waals surface area contributed by atoms with Crippen molar-refractivity contribution in [3.05, 3.63) is 0 Å². The first-order valence-electron chi connectivity index (χ1n) is 20.2. The number of carbonyl (C=O) groups excluding carboxylic acids is 1. The molecule has 4 N–H and O–H groups in total. The molecule has 0 fully saturated rings. The Morgan fingerprint density at radius 1 is 0.396 bits per heavy atom. The van der Waals surface area contributed by atoms with E-state index in [1.54, 1.807) is 0 Å². The highest BCUT2D eigenvalue weighted by atomic mass is 127. The van der Waals surface area contributed by atoms with Crippen LogP contribution in [0.25, 0.3) is 0 Å². The van der Waals surface area contributed by atoms with Crippen LogP contribution in [0, 0.1) is 0 Å². The standard InChI is InChI=1S/C20H40O3.C18H36O2.C2H6O2.HI/c1-2-3-4-5-6-7-8-9-10-11-12-13-14-15-16-17-20(22)23-19-18-21;1-2-3-4-5-6-7-8-9-10-11-12-13-14-15-16-17-18(19)20;3-1-2-4;/h21H,2-19H2,1H3;2-17H2,1H3,(H,19,20);3-4H,1-2H2;1H. The number of ether oxygens (including phenoxy) is 1. The molecule has 0 heterocycles. The maximum absolute atomic E-state index is 11.2. The zero-order chi connectivity index (χ0) is 35.3. The summed E-state index contributed by atoms with van der Waals surface area (Å²) in [7, 11) is 0. The van der Waals surface area contributed by atoms with Gasteiger partial charge in [0.25, 0.3) is 0 Å². The number of hydrogen-bond acceptors (Lipinski definition) is 6. The van der Waals surface area contributed by atoms with Gasteiger partial charge in [-0.25, -0.2) is 0 Å². The fraction of sp³-hybridized carbons (Fsp3) is 0.950. The molecule has 0 aliphatic heterocycles. The number of esters is 1. The van der Waals surface area contributed by atoms with Crippen molar-refractivity contribution in [1.29, 1.82) is 0 Å². The molecule has 0 radical (unpaired) electrons. The Morgan fingerprint density at radius 3 is 0.875 bits per heavy atom. The third kappa shape index (κ3) is 60.8. The van der Waals surface area contributed by atoms with Crippen molar-refractivity contribution in [3.8, 4) is 0 Å². The maximum Gasteiger partial charge on any atom is 0.305 e. The number of halogens is 1. The highest BCUT2D eigenvalue weighted by molar-refractivity contribution is 14.0. The number of aliphatic hydroxyl groups excluding tert-OH is 3. The number of hydrogen-bond donors (Lipinski definition) is 4. The predicted molar refractivity (Wildman–Crippen MR) is 214 cm³/mol. The van der Waals surface area contributed by atoms with Crippen molar-refractivity contribution in [2.24, 2.45) is 0 Å². The van der Waals surface area contributed by atoms with E-state index in [9.17, 15) is 9.59 Å². The van der Waals surface area contributed by atoms with Crippen LogP contribution < -0.4 is 0 Å². The van der Waals surface area contributed by atoms with Crippen LogP contribution in [0.5, 0.6) is 0 Å². The van der Waals surface area contributed by atoms with Gasteiger partial charge in [0.05, 0.1) is 19.8 Å². The number of carbonyl (C=O) groups is 2. The molecule has 0 aromatic rings. The molecule has 0 bridgehead atoms. The van der Waals surface area contributed by atoms with E-state index < -0.39 is 5.97 Å². The lowest BCUT2D eigenvalue weighted by molar-refractivity contribution is -0.144. The molecule has 0 aliphatic rings. The van der Waals surface area contributed by atoms with E-state index in [4.69, 9.17) is 25.2 Å². The van der Waals surface area contributed by atoms with E-state index in [1.165, 1.54) is 167 Å². The van der Waals surface area contributed by atoms with Gasteiger partial charge in [-0.15, -0.1) is 24.0 Å². The lowest BCUT2D eigenvalue weighted by Gasteiger charge is -2.04. The first-order valence-corrected chi connectivity index (χ1v) is 20.2. The van der Waals surface area contributed by atoms with E-state index in [1.807, 2.05) is 0 Å². The van der Waals surface area contributed by atoms with Crippen LogP contribution in [-0.4, -0.2) is 58.8 Å². The van der Waals surface area contributed by atoms with Crippen LogP contribution in [0.15, 0.2) is 0 Å². The average Bonchev–Trinajstić information content (AvgIpc) is 3.07. The lowest BCUT2D eigenvalue weighted by Crippen LogP contribution is -2.07. The normalized spacial score (nSPS) is 10.4. The fourth-order valence-corrected chi connectivity index (χ4v) is 5.52. The van der Waals surface area contributed by atoms with Crippen molar-refractivity contribution < 1.29 is 34.8 Å². The highest BCUT2D eigenvalue weighted by Crippen LogP contribution is 2.15. The van der Waals surface area contributed by atoms with Gasteiger partial charge in [-0.2, -0.15) is 0 Å². The molecule has 0 spiro atoms. The Labute approximate surface area is 315 Å². The van der Waals surface area contributed by atoms with Crippen LogP contribution in [0.2, 0.25) is 0 Å². The number of aliphatic carboxylic acids is 1. The number of unbranched alkanes of at least 4 members (excludes halogenated alkanes) is 28. The predicted octanol–water partition coefficient (Wildman–Crippen LogP) is 11.7. The largest absolute Gasteiger partial charge is 0.481 e. The maximum atomic E-state index is 11.2. The third-order valence-electron chi connectivity index (χ3n) is 8.43. The summed E-state index contributed by atoms with van der Waals surface area (Å²) in [6.45, 7) is 4.35. The summed E-state index contributed by atoms with van der Waals surface area (Å²) in [5.41, 5.74) is 0. The molecule has 7 nitrogen and oxygen atoms in total. The van der Waals surface area contributed by atoms with Gasteiger partial charge in [0.2, 0.25) is 0 Å². The van der Waals surface area contributed by atoms with Gasteiger partial charge in [0.15, 0.2) is 0 Å². The van der Waals surface area contributed by atoms with Crippen molar-refractivity contribution in [3.63, 3.8) is 0 Å². The molecule has 292 valence electrons. The van der Waals surface area contributed by atoms with Gasteiger partial charge in [-0.05, 0) is 12.8 Å². The van der Waals surface area contributed by atoms with Gasteiger partial charge >= 0.3 is 11.9 Å². The van der Waals surface area contributed by atoms with Gasteiger partial charge in [-0.1, -0.05) is 194 Å². The number of carboxylic acids is 1. The van der Waals surface area contributed by atoms with Crippen LogP contribution in [0.1, 0.15) is 219 Å². The third-order valence-corrected chi connectivity index (χ3v) is 8.43. The van der Waals surface area contributed by atoms with Gasteiger partial charge in [-0.3, -0.25) is 9.59 Å². The van der Waals surface area contributed by atoms with Crippen LogP contribution >= 0.6 is 24.0 Å². The van der Waals surface area contributed by atoms with E-state index >= 15 is 0 Å². The summed E-state index contributed by atoms with van der Waals surface area (Å²) in [5, 5.41) is 32.3. The van der Waals surface area contributed by atoms with E-state index in [-0.39, 0.29) is 56.4 Å². The molecule has 0 unspecified atom stereocenters. The molecule has 0 atom stereocenters. The van der Waals surface area contributed by atoms with Gasteiger partial charge < -0.3 is 25.2 Å². The minimum absolute atomic E-state index is 0. The van der Waals surface area contributed by atoms with Gasteiger partial charge in [0.1, 0.15) is 6.61 Å². The molecule has 0 aromatic carbocycles. The van der Waals surface area contributed by atoms with E-state index in [0.717, 1.165) is 25.7 Å². The number of aliphatic hydroxyl groups is 3. The van der Waals surface area contributed by atoms with Crippen molar-refractivity contribution in [2.45, 2.75) is 219 Å². The molecule has 0 amide bonds. The second-order valence-electron chi connectivity index (χ2n) is 13.2. The van der Waals surface area contributed by atoms with Crippen LogP contribution in [0.3, 0.4) is 0 Å². The highest BCUT2D eigenvalue weighted by Gasteiger charge is 2.02. The molecular weight excluding hydrogens is 719 g/mol. The molecule has 0 aliphatic carbocycles. The summed E-state index contributed by atoms with van der Waals surface area (Å²) in [6.07, 6.45) is 40.6. The molecule has 0 saturated carbocycles. The minimum atomic E-state index is -0.653. The average molecular weight is 803 g/mol. The van der Waals surface area contributed by atoms with Crippen molar-refractivity contribution in [1.82, 2.24) is 0 Å². The Morgan fingerprint density at radius 2 is 0.646 bits per heavy atom. The minimum Gasteiger partial charge on any atom is -0.481 e. The Bertz CT molecular complexity index is 576. The first kappa shape index (κ1) is 54.3. The summed E-state index contributed by atoms with van der Waals surface area (Å²) < 4.78 is 4.82. The van der Waals surface area contributed by atoms with Crippen molar-refractivity contribution in [2.75, 3.05) is 26.4 Å². The second kappa shape index (κ2) is 53.3. The lowest BCUT2D eigenvalue weighted by atomic mass is 10.0. The second-order valence-corrected chi connectivity index (χ2v) is 13.2. The monoisotopic (exact) mass is 803 g/mol. The SMILES string of the molecule is CCCCCCCCCCCCCCCCCC(=O)O.CCCCCCCCCCCCCCCCCC(=O)OCCO.I.OCCO. The Balaban J connectivity index is -0.000000358. The topological polar surface area (TPSA) is 124 Å². The summed E-state index contributed by atoms with van der Waals surface area (Å²) in [6, 6.07) is 0. The number of rotatable bonds is 35. The first-order chi connectivity index (χ1) is 23.0. The quantitative estimate of drug-likeness (QED) is 0.0286. The molecule has 0 rings (SSSR count). The molecule has 8 heteroatoms. The zero-order valence-corrected chi connectivity index (χ0v) is 34.2. The Kier molecular flexibility index (Phi) is 60.4. The summed E-state index contributed by atoms with van der Waals surface area (Å²) in [4.78, 5) is 21.5. The molecule has 48 heavy (non-hydrogen) atoms. The van der Waals surface area contributed by atoms with E-state index in [0.29, 0.717) is 12.8 Å². The molecule has 0 aromatic heterocycles. The van der Waals surface area contributed by atoms with Crippen LogP contribution in [-0.2, 0) is 14.3 Å². The number of carboxylic acid groups (broad SMARTS) is 1. The van der Waals surface area contributed by atoms with E-state index in [2.05, 4.69) is 13.8 Å². The van der Waals surface area contributed by atoms with Crippen molar-refractivity contribution >= 4 is 35.9 Å². The van der Waals surface area contributed by atoms with Crippen LogP contribution in [0.4, 0.5) is 0 Å². The smallest absolute Gasteiger partial charge is 0.305 e.